The number of furan rings is 1. The van der Waals surface area contributed by atoms with Gasteiger partial charge in [0.05, 0.1) is 5.56 Å². The van der Waals surface area contributed by atoms with Gasteiger partial charge in [-0.25, -0.2) is 0 Å². The van der Waals surface area contributed by atoms with Crippen molar-refractivity contribution in [1.82, 2.24) is 4.90 Å². The van der Waals surface area contributed by atoms with E-state index in [9.17, 15) is 4.79 Å². The molecule has 0 atom stereocenters. The third-order valence-corrected chi connectivity index (χ3v) is 3.13. The first-order valence-corrected chi connectivity index (χ1v) is 5.59. The van der Waals surface area contributed by atoms with Gasteiger partial charge in [0.15, 0.2) is 0 Å². The second kappa shape index (κ2) is 4.27. The molecule has 1 aliphatic rings. The largest absolute Gasteiger partial charge is 0.469 e. The minimum atomic E-state index is 0.0513. The quantitative estimate of drug-likeness (QED) is 0.691. The summed E-state index contributed by atoms with van der Waals surface area (Å²) in [6.45, 7) is 3.33. The molecule has 4 heteroatoms. The monoisotopic (exact) mass is 227 g/mol. The van der Waals surface area contributed by atoms with Crippen LogP contribution >= 0.6 is 11.6 Å². The van der Waals surface area contributed by atoms with Crippen LogP contribution in [-0.4, -0.2) is 29.3 Å². The van der Waals surface area contributed by atoms with Crippen LogP contribution in [0, 0.1) is 6.92 Å². The topological polar surface area (TPSA) is 33.5 Å². The molecule has 0 unspecified atom stereocenters. The summed E-state index contributed by atoms with van der Waals surface area (Å²) in [5, 5.41) is 0.222. The molecular weight excluding hydrogens is 214 g/mol. The van der Waals surface area contributed by atoms with Crippen LogP contribution < -0.4 is 0 Å². The zero-order valence-electron chi connectivity index (χ0n) is 8.70. The van der Waals surface area contributed by atoms with Gasteiger partial charge in [0.25, 0.3) is 5.91 Å². The number of hydrogen-bond donors (Lipinski definition) is 0. The van der Waals surface area contributed by atoms with Crippen LogP contribution in [0.25, 0.3) is 0 Å². The third kappa shape index (κ3) is 2.34. The number of nitrogens with zero attached hydrogens (tertiary/aromatic N) is 1. The second-order valence-electron chi connectivity index (χ2n) is 3.91. The lowest BCUT2D eigenvalue weighted by Crippen LogP contribution is -2.38. The lowest BCUT2D eigenvalue weighted by Gasteiger charge is -2.28. The Bertz CT molecular complexity index is 353. The SMILES string of the molecule is Cc1cc(C(=O)N2CCC(Cl)CC2)co1. The van der Waals surface area contributed by atoms with E-state index in [0.717, 1.165) is 31.7 Å². The van der Waals surface area contributed by atoms with Crippen molar-refractivity contribution in [3.63, 3.8) is 0 Å². The van der Waals surface area contributed by atoms with Gasteiger partial charge in [-0.3, -0.25) is 4.79 Å². The van der Waals surface area contributed by atoms with Gasteiger partial charge in [0.1, 0.15) is 12.0 Å². The molecule has 1 saturated heterocycles. The predicted molar refractivity (Wildman–Crippen MR) is 58.2 cm³/mol. The van der Waals surface area contributed by atoms with Crippen molar-refractivity contribution >= 4 is 17.5 Å². The maximum atomic E-state index is 11.9. The molecule has 1 aliphatic heterocycles. The average Bonchev–Trinajstić information content (AvgIpc) is 2.65. The smallest absolute Gasteiger partial charge is 0.257 e. The molecule has 15 heavy (non-hydrogen) atoms. The van der Waals surface area contributed by atoms with E-state index in [1.54, 1.807) is 6.07 Å². The number of halogens is 1. The van der Waals surface area contributed by atoms with Crippen molar-refractivity contribution in [3.8, 4) is 0 Å². The van der Waals surface area contributed by atoms with Crippen LogP contribution in [0.3, 0.4) is 0 Å². The summed E-state index contributed by atoms with van der Waals surface area (Å²) in [4.78, 5) is 13.8. The highest BCUT2D eigenvalue weighted by atomic mass is 35.5. The Morgan fingerprint density at radius 2 is 2.20 bits per heavy atom. The Hall–Kier alpha value is -0.960. The minimum absolute atomic E-state index is 0.0513. The number of likely N-dealkylation sites (tertiary alicyclic amines) is 1. The van der Waals surface area contributed by atoms with Crippen molar-refractivity contribution in [2.45, 2.75) is 25.1 Å². The number of carbonyl (C=O) groups is 1. The summed E-state index contributed by atoms with van der Waals surface area (Å²) >= 11 is 5.98. The first-order chi connectivity index (χ1) is 7.16. The minimum Gasteiger partial charge on any atom is -0.469 e. The van der Waals surface area contributed by atoms with E-state index in [2.05, 4.69) is 0 Å². The van der Waals surface area contributed by atoms with Gasteiger partial charge in [-0.05, 0) is 25.8 Å². The van der Waals surface area contributed by atoms with Gasteiger partial charge >= 0.3 is 0 Å². The zero-order valence-corrected chi connectivity index (χ0v) is 9.46. The normalized spacial score (nSPS) is 18.1. The third-order valence-electron chi connectivity index (χ3n) is 2.69. The van der Waals surface area contributed by atoms with Gasteiger partial charge < -0.3 is 9.32 Å². The maximum Gasteiger partial charge on any atom is 0.257 e. The summed E-state index contributed by atoms with van der Waals surface area (Å²) in [6.07, 6.45) is 3.28. The standard InChI is InChI=1S/C11H14ClNO2/c1-8-6-9(7-15-8)11(14)13-4-2-10(12)3-5-13/h6-7,10H,2-5H2,1H3. The molecule has 0 bridgehead atoms. The van der Waals surface area contributed by atoms with E-state index in [1.165, 1.54) is 6.26 Å². The van der Waals surface area contributed by atoms with Crippen LogP contribution in [0.5, 0.6) is 0 Å². The molecule has 2 heterocycles. The second-order valence-corrected chi connectivity index (χ2v) is 4.53. The number of hydrogen-bond acceptors (Lipinski definition) is 2. The Kier molecular flexibility index (Phi) is 3.00. The number of rotatable bonds is 1. The highest BCUT2D eigenvalue weighted by Crippen LogP contribution is 2.18. The Morgan fingerprint density at radius 3 is 2.73 bits per heavy atom. The summed E-state index contributed by atoms with van der Waals surface area (Å²) < 4.78 is 5.12. The molecule has 3 nitrogen and oxygen atoms in total. The molecule has 0 saturated carbocycles. The molecule has 2 rings (SSSR count). The van der Waals surface area contributed by atoms with Gasteiger partial charge in [-0.15, -0.1) is 11.6 Å². The maximum absolute atomic E-state index is 11.9. The van der Waals surface area contributed by atoms with Gasteiger partial charge in [0, 0.05) is 18.5 Å². The predicted octanol–water partition coefficient (Wildman–Crippen LogP) is 2.43. The Balaban J connectivity index is 2.02. The van der Waals surface area contributed by atoms with Crippen molar-refractivity contribution in [1.29, 1.82) is 0 Å². The first kappa shape index (κ1) is 10.6. The first-order valence-electron chi connectivity index (χ1n) is 5.15. The highest BCUT2D eigenvalue weighted by Gasteiger charge is 2.23. The fourth-order valence-corrected chi connectivity index (χ4v) is 1.98. The van der Waals surface area contributed by atoms with Crippen LogP contribution in [0.2, 0.25) is 0 Å². The van der Waals surface area contributed by atoms with E-state index in [4.69, 9.17) is 16.0 Å². The van der Waals surface area contributed by atoms with E-state index < -0.39 is 0 Å². The molecule has 1 aromatic rings. The lowest BCUT2D eigenvalue weighted by molar-refractivity contribution is 0.0726. The molecular formula is C11H14ClNO2. The zero-order chi connectivity index (χ0) is 10.8. The van der Waals surface area contributed by atoms with Crippen LogP contribution in [-0.2, 0) is 0 Å². The molecule has 1 aromatic heterocycles. The fraction of sp³-hybridized carbons (Fsp3) is 0.545. The Morgan fingerprint density at radius 1 is 1.53 bits per heavy atom. The molecule has 1 amide bonds. The number of aryl methyl sites for hydroxylation is 1. The number of alkyl halides is 1. The van der Waals surface area contributed by atoms with Crippen molar-refractivity contribution in [3.05, 3.63) is 23.7 Å². The van der Waals surface area contributed by atoms with Crippen molar-refractivity contribution < 1.29 is 9.21 Å². The summed E-state index contributed by atoms with van der Waals surface area (Å²) in [5.74, 6) is 0.820. The molecule has 1 fully saturated rings. The molecule has 0 N–H and O–H groups in total. The molecule has 0 spiro atoms. The van der Waals surface area contributed by atoms with Gasteiger partial charge in [0.2, 0.25) is 0 Å². The van der Waals surface area contributed by atoms with E-state index in [-0.39, 0.29) is 11.3 Å². The van der Waals surface area contributed by atoms with Crippen molar-refractivity contribution in [2.24, 2.45) is 0 Å². The van der Waals surface area contributed by atoms with Crippen LogP contribution in [0.15, 0.2) is 16.7 Å². The van der Waals surface area contributed by atoms with Crippen LogP contribution in [0.1, 0.15) is 29.0 Å². The summed E-state index contributed by atoms with van der Waals surface area (Å²) in [6, 6.07) is 1.77. The highest BCUT2D eigenvalue weighted by molar-refractivity contribution is 6.20. The van der Waals surface area contributed by atoms with E-state index >= 15 is 0 Å². The lowest BCUT2D eigenvalue weighted by atomic mass is 10.1. The molecule has 0 radical (unpaired) electrons. The number of amides is 1. The molecule has 0 aliphatic carbocycles. The summed E-state index contributed by atoms with van der Waals surface area (Å²) in [5.41, 5.74) is 0.639. The molecule has 82 valence electrons. The van der Waals surface area contributed by atoms with Crippen LogP contribution in [0.4, 0.5) is 0 Å². The average molecular weight is 228 g/mol. The molecule has 0 aromatic carbocycles. The van der Waals surface area contributed by atoms with Gasteiger partial charge in [-0.1, -0.05) is 0 Å². The number of carbonyl (C=O) groups excluding carboxylic acids is 1. The van der Waals surface area contributed by atoms with E-state index in [1.807, 2.05) is 11.8 Å². The van der Waals surface area contributed by atoms with E-state index in [0.29, 0.717) is 5.56 Å². The summed E-state index contributed by atoms with van der Waals surface area (Å²) in [7, 11) is 0. The van der Waals surface area contributed by atoms with Crippen molar-refractivity contribution in [2.75, 3.05) is 13.1 Å². The number of piperidine rings is 1. The van der Waals surface area contributed by atoms with Gasteiger partial charge in [-0.2, -0.15) is 0 Å². The fourth-order valence-electron chi connectivity index (χ4n) is 1.79. The Labute approximate surface area is 94.0 Å².